The van der Waals surface area contributed by atoms with Gasteiger partial charge in [0.15, 0.2) is 0 Å². The smallest absolute Gasteiger partial charge is 0.243 e. The zero-order valence-electron chi connectivity index (χ0n) is 23.2. The van der Waals surface area contributed by atoms with Gasteiger partial charge in [0.25, 0.3) is 0 Å². The first-order valence-corrected chi connectivity index (χ1v) is 14.5. The average molecular weight is 562 g/mol. The van der Waals surface area contributed by atoms with Crippen LogP contribution in [0.5, 0.6) is 5.75 Å². The molecule has 0 bridgehead atoms. The molecule has 3 heterocycles. The van der Waals surface area contributed by atoms with Crippen LogP contribution in [-0.2, 0) is 16.0 Å². The van der Waals surface area contributed by atoms with E-state index in [1.54, 1.807) is 29.2 Å². The maximum absolute atomic E-state index is 13.8. The number of carbonyl (C=O) groups is 2. The highest BCUT2D eigenvalue weighted by atomic mass is 32.1. The number of phenols is 1. The molecule has 2 saturated heterocycles. The lowest BCUT2D eigenvalue weighted by Gasteiger charge is -2.33. The summed E-state index contributed by atoms with van der Waals surface area (Å²) in [7, 11) is 2.17. The number of carbonyl (C=O) groups excluding carboxylic acids is 2. The second kappa shape index (κ2) is 13.8. The monoisotopic (exact) mass is 561 g/mol. The number of phenolic OH excluding ortho intramolecular Hbond substituents is 1. The molecule has 40 heavy (non-hydrogen) atoms. The van der Waals surface area contributed by atoms with Crippen molar-refractivity contribution in [1.82, 2.24) is 20.4 Å². The standard InChI is InChI=1S/C30H40BN5O3S/c1-20-7-3-2-4-14-33-19-22(20)18-25(30(40)36-16-6-9-27(36)31)34-28(38)26-8-5-15-35(26)29(39)24(32)17-21-10-12-23(37)13-11-21/h2-4,7,10-13,19,24-27,33,37H,1,5-6,8-9,14-18,31-32H2,(H,34,38)/b4-2-,7-3-,22-19-/t24-,25-,26-,27-/m0/s1. The molecule has 0 unspecified atom stereocenters. The molecule has 1 aromatic rings. The molecule has 0 saturated carbocycles. The van der Waals surface area contributed by atoms with Gasteiger partial charge in [0.1, 0.15) is 24.6 Å². The Balaban J connectivity index is 1.49. The van der Waals surface area contributed by atoms with Crippen LogP contribution in [0.2, 0.25) is 0 Å². The molecule has 0 aliphatic carbocycles. The first kappa shape index (κ1) is 29.6. The predicted octanol–water partition coefficient (Wildman–Crippen LogP) is 1.67. The molecular weight excluding hydrogens is 521 g/mol. The van der Waals surface area contributed by atoms with Gasteiger partial charge in [-0.1, -0.05) is 55.2 Å². The normalized spacial score (nSPS) is 25.4. The van der Waals surface area contributed by atoms with Gasteiger partial charge < -0.3 is 31.3 Å². The zero-order chi connectivity index (χ0) is 28.6. The Labute approximate surface area is 243 Å². The van der Waals surface area contributed by atoms with Gasteiger partial charge in [0, 0.05) is 32.3 Å². The van der Waals surface area contributed by atoms with Crippen LogP contribution in [0.4, 0.5) is 0 Å². The number of likely N-dealkylation sites (tertiary alicyclic amines) is 2. The van der Waals surface area contributed by atoms with Crippen LogP contribution in [-0.4, -0.2) is 83.3 Å². The average Bonchev–Trinajstić information content (AvgIpc) is 3.61. The van der Waals surface area contributed by atoms with Crippen LogP contribution in [0.25, 0.3) is 0 Å². The molecule has 2 amide bonds. The van der Waals surface area contributed by atoms with Crippen molar-refractivity contribution in [3.8, 4) is 5.75 Å². The van der Waals surface area contributed by atoms with E-state index in [9.17, 15) is 14.7 Å². The fourth-order valence-corrected chi connectivity index (χ4v) is 6.01. The topological polar surface area (TPSA) is 111 Å². The molecule has 2 fully saturated rings. The van der Waals surface area contributed by atoms with E-state index in [4.69, 9.17) is 18.0 Å². The summed E-state index contributed by atoms with van der Waals surface area (Å²) in [6.07, 6.45) is 14.1. The molecule has 0 aromatic heterocycles. The summed E-state index contributed by atoms with van der Waals surface area (Å²) in [5, 5.41) is 16.1. The quantitative estimate of drug-likeness (QED) is 0.282. The van der Waals surface area contributed by atoms with Gasteiger partial charge in [0.2, 0.25) is 11.8 Å². The van der Waals surface area contributed by atoms with E-state index in [1.807, 2.05) is 30.5 Å². The number of nitrogens with zero attached hydrogens (tertiary/aromatic N) is 2. The van der Waals surface area contributed by atoms with Crippen molar-refractivity contribution in [1.29, 1.82) is 0 Å². The Morgan fingerprint density at radius 2 is 1.88 bits per heavy atom. The Bertz CT molecular complexity index is 1200. The largest absolute Gasteiger partial charge is 0.508 e. The number of benzene rings is 1. The van der Waals surface area contributed by atoms with Crippen molar-refractivity contribution >= 4 is 36.9 Å². The van der Waals surface area contributed by atoms with Gasteiger partial charge in [-0.05, 0) is 66.9 Å². The van der Waals surface area contributed by atoms with Gasteiger partial charge in [0.05, 0.1) is 12.1 Å². The molecule has 4 atom stereocenters. The Morgan fingerprint density at radius 1 is 1.15 bits per heavy atom. The van der Waals surface area contributed by atoms with Crippen LogP contribution < -0.4 is 16.4 Å². The second-order valence-corrected chi connectivity index (χ2v) is 11.3. The third-order valence-electron chi connectivity index (χ3n) is 7.89. The first-order valence-electron chi connectivity index (χ1n) is 14.1. The number of amides is 2. The van der Waals surface area contributed by atoms with E-state index in [1.165, 1.54) is 0 Å². The highest BCUT2D eigenvalue weighted by Crippen LogP contribution is 2.24. The van der Waals surface area contributed by atoms with Crippen LogP contribution in [0, 0.1) is 0 Å². The van der Waals surface area contributed by atoms with Gasteiger partial charge in [-0.25, -0.2) is 0 Å². The lowest BCUT2D eigenvalue weighted by Crippen LogP contribution is -2.56. The van der Waals surface area contributed by atoms with Crippen LogP contribution >= 0.6 is 12.2 Å². The molecule has 5 N–H and O–H groups in total. The predicted molar refractivity (Wildman–Crippen MR) is 165 cm³/mol. The van der Waals surface area contributed by atoms with Crippen LogP contribution in [0.3, 0.4) is 0 Å². The maximum Gasteiger partial charge on any atom is 0.243 e. The van der Waals surface area contributed by atoms with Crippen molar-refractivity contribution in [2.24, 2.45) is 5.73 Å². The fourth-order valence-electron chi connectivity index (χ4n) is 5.60. The van der Waals surface area contributed by atoms with Gasteiger partial charge in [-0.2, -0.15) is 0 Å². The van der Waals surface area contributed by atoms with Crippen LogP contribution in [0.1, 0.15) is 37.7 Å². The molecule has 3 aliphatic heterocycles. The number of hydrogen-bond donors (Lipinski definition) is 4. The summed E-state index contributed by atoms with van der Waals surface area (Å²) < 4.78 is 0. The summed E-state index contributed by atoms with van der Waals surface area (Å²) in [6, 6.07) is 4.86. The molecule has 212 valence electrons. The molecule has 0 radical (unpaired) electrons. The molecule has 4 rings (SSSR count). The Kier molecular flexibility index (Phi) is 10.2. The van der Waals surface area contributed by atoms with Gasteiger partial charge in [-0.3, -0.25) is 9.59 Å². The minimum absolute atomic E-state index is 0.161. The molecule has 1 aromatic carbocycles. The number of hydrogen-bond acceptors (Lipinski definition) is 6. The number of rotatable bonds is 8. The van der Waals surface area contributed by atoms with Gasteiger partial charge >= 0.3 is 0 Å². The summed E-state index contributed by atoms with van der Waals surface area (Å²) in [5.41, 5.74) is 8.98. The number of allylic oxidation sites excluding steroid dienone is 4. The highest BCUT2D eigenvalue weighted by molar-refractivity contribution is 7.80. The van der Waals surface area contributed by atoms with E-state index < -0.39 is 18.1 Å². The molecule has 8 nitrogen and oxygen atoms in total. The lowest BCUT2D eigenvalue weighted by molar-refractivity contribution is -0.139. The zero-order valence-corrected chi connectivity index (χ0v) is 24.0. The molecule has 3 aliphatic rings. The van der Waals surface area contributed by atoms with Gasteiger partial charge in [-0.15, -0.1) is 0 Å². The minimum Gasteiger partial charge on any atom is -0.508 e. The van der Waals surface area contributed by atoms with Crippen molar-refractivity contribution in [3.05, 3.63) is 78.1 Å². The SMILES string of the molecule is B[C@@H]1CCCN1C(=S)[C@H](C/C1=C/NC/C=C\C=C/C1=C)NC(=O)[C@@H]1CCCN1C(=O)[C@@H](N)Cc1ccc(O)cc1. The highest BCUT2D eigenvalue weighted by Gasteiger charge is 2.38. The second-order valence-electron chi connectivity index (χ2n) is 10.8. The van der Waals surface area contributed by atoms with E-state index >= 15 is 0 Å². The number of aromatic hydroxyl groups is 1. The first-order chi connectivity index (χ1) is 19.2. The van der Waals surface area contributed by atoms with Crippen molar-refractivity contribution in [3.63, 3.8) is 0 Å². The lowest BCUT2D eigenvalue weighted by atomic mass is 9.93. The maximum atomic E-state index is 13.8. The van der Waals surface area contributed by atoms with Crippen molar-refractivity contribution in [2.75, 3.05) is 19.6 Å². The Morgan fingerprint density at radius 3 is 2.60 bits per heavy atom. The summed E-state index contributed by atoms with van der Waals surface area (Å²) >= 11 is 5.99. The van der Waals surface area contributed by atoms with Crippen molar-refractivity contribution < 1.29 is 14.7 Å². The number of thiocarbonyl (C=S) groups is 1. The van der Waals surface area contributed by atoms with Crippen molar-refractivity contribution in [2.45, 2.75) is 62.6 Å². The van der Waals surface area contributed by atoms with E-state index in [2.05, 4.69) is 30.0 Å². The summed E-state index contributed by atoms with van der Waals surface area (Å²) in [5.74, 6) is 0.0244. The Hall–Kier alpha value is -3.37. The van der Waals surface area contributed by atoms with E-state index in [0.29, 0.717) is 43.3 Å². The fraction of sp³-hybridized carbons (Fsp3) is 0.433. The summed E-state index contributed by atoms with van der Waals surface area (Å²) in [6.45, 7) is 6.28. The van der Waals surface area contributed by atoms with E-state index in [-0.39, 0.29) is 17.6 Å². The number of nitrogens with two attached hydrogens (primary N) is 1. The van der Waals surface area contributed by atoms with E-state index in [0.717, 1.165) is 42.5 Å². The molecule has 10 heteroatoms. The third kappa shape index (κ3) is 7.43. The summed E-state index contributed by atoms with van der Waals surface area (Å²) in [4.78, 5) is 31.7. The van der Waals surface area contributed by atoms with Crippen LogP contribution in [0.15, 0.2) is 72.5 Å². The minimum atomic E-state index is -0.779. The molecule has 0 spiro atoms. The third-order valence-corrected chi connectivity index (χ3v) is 8.41. The molecular formula is C30H40BN5O3S. The number of nitrogens with one attached hydrogen (secondary N) is 2.